The molecule has 3 aromatic rings. The Balaban J connectivity index is 0.00000140. The van der Waals surface area contributed by atoms with Gasteiger partial charge in [0.15, 0.2) is 5.65 Å². The molecule has 0 bridgehead atoms. The molecule has 6 nitrogen and oxygen atoms in total. The molecule has 2 aromatic heterocycles. The molecule has 1 aliphatic rings. The summed E-state index contributed by atoms with van der Waals surface area (Å²) in [6.45, 7) is 4.04. The second kappa shape index (κ2) is 9.09. The summed E-state index contributed by atoms with van der Waals surface area (Å²) in [5, 5.41) is 9.33. The highest BCUT2D eigenvalue weighted by Gasteiger charge is 2.29. The number of carbonyl (C=O) groups excluding carboxylic acids is 1. The third-order valence-corrected chi connectivity index (χ3v) is 5.08. The summed E-state index contributed by atoms with van der Waals surface area (Å²) in [7, 11) is 1.86. The van der Waals surface area contributed by atoms with Crippen LogP contribution in [0.2, 0.25) is 5.02 Å². The first-order chi connectivity index (χ1) is 12.5. The Bertz CT molecular complexity index is 991. The summed E-state index contributed by atoms with van der Waals surface area (Å²) in [6.07, 6.45) is 1.64. The van der Waals surface area contributed by atoms with Crippen LogP contribution in [0.3, 0.4) is 0 Å². The smallest absolute Gasteiger partial charge is 0.256 e. The molecule has 1 unspecified atom stereocenters. The van der Waals surface area contributed by atoms with Crippen LogP contribution in [-0.4, -0.2) is 45.2 Å². The summed E-state index contributed by atoms with van der Waals surface area (Å²) in [5.41, 5.74) is 3.27. The van der Waals surface area contributed by atoms with Crippen molar-refractivity contribution in [1.82, 2.24) is 25.0 Å². The Kier molecular flexibility index (Phi) is 7.28. The normalized spacial score (nSPS) is 16.4. The van der Waals surface area contributed by atoms with Crippen LogP contribution in [0.15, 0.2) is 36.5 Å². The second-order valence-electron chi connectivity index (χ2n) is 6.58. The fraction of sp³-hybridized carbons (Fsp3) is 0.316. The van der Waals surface area contributed by atoms with E-state index in [1.54, 1.807) is 10.9 Å². The van der Waals surface area contributed by atoms with Crippen molar-refractivity contribution in [2.24, 2.45) is 7.05 Å². The Morgan fingerprint density at radius 2 is 2.07 bits per heavy atom. The number of aromatic nitrogens is 3. The Morgan fingerprint density at radius 1 is 1.29 bits per heavy atom. The predicted octanol–water partition coefficient (Wildman–Crippen LogP) is 3.56. The van der Waals surface area contributed by atoms with Gasteiger partial charge in [-0.3, -0.25) is 9.48 Å². The van der Waals surface area contributed by atoms with Gasteiger partial charge in [0.2, 0.25) is 0 Å². The average Bonchev–Trinajstić information content (AvgIpc) is 2.94. The van der Waals surface area contributed by atoms with Crippen LogP contribution in [0, 0.1) is 6.92 Å². The number of nitrogens with one attached hydrogen (secondary N) is 1. The minimum absolute atomic E-state index is 0. The van der Waals surface area contributed by atoms with Gasteiger partial charge in [-0.1, -0.05) is 23.7 Å². The van der Waals surface area contributed by atoms with Gasteiger partial charge in [-0.2, -0.15) is 5.10 Å². The number of piperazine rings is 1. The van der Waals surface area contributed by atoms with E-state index >= 15 is 0 Å². The lowest BCUT2D eigenvalue weighted by Gasteiger charge is -2.36. The number of hydrogen-bond acceptors (Lipinski definition) is 4. The van der Waals surface area contributed by atoms with E-state index < -0.39 is 0 Å². The van der Waals surface area contributed by atoms with Gasteiger partial charge in [-0.25, -0.2) is 4.98 Å². The molecule has 150 valence electrons. The third-order valence-electron chi connectivity index (χ3n) is 4.85. The largest absolute Gasteiger partial charge is 0.329 e. The highest BCUT2D eigenvalue weighted by atomic mass is 35.5. The van der Waals surface area contributed by atoms with Crippen molar-refractivity contribution in [3.63, 3.8) is 0 Å². The number of aryl methyl sites for hydroxylation is 2. The van der Waals surface area contributed by atoms with Crippen molar-refractivity contribution in [2.75, 3.05) is 19.6 Å². The quantitative estimate of drug-likeness (QED) is 0.659. The Labute approximate surface area is 181 Å². The topological polar surface area (TPSA) is 63.1 Å². The molecule has 9 heteroatoms. The molecule has 1 aliphatic heterocycles. The van der Waals surface area contributed by atoms with Crippen molar-refractivity contribution in [1.29, 1.82) is 0 Å². The first kappa shape index (κ1) is 22.4. The van der Waals surface area contributed by atoms with E-state index in [9.17, 15) is 4.79 Å². The van der Waals surface area contributed by atoms with Crippen molar-refractivity contribution in [2.45, 2.75) is 13.0 Å². The maximum absolute atomic E-state index is 13.2. The Hall–Kier alpha value is -1.86. The number of benzene rings is 1. The van der Waals surface area contributed by atoms with Crippen molar-refractivity contribution < 1.29 is 4.79 Å². The first-order valence-electron chi connectivity index (χ1n) is 8.61. The second-order valence-corrected chi connectivity index (χ2v) is 7.01. The maximum Gasteiger partial charge on any atom is 0.256 e. The van der Waals surface area contributed by atoms with Gasteiger partial charge in [-0.15, -0.1) is 24.8 Å². The van der Waals surface area contributed by atoms with Gasteiger partial charge in [0.25, 0.3) is 5.91 Å². The van der Waals surface area contributed by atoms with Crippen LogP contribution in [0.25, 0.3) is 11.0 Å². The van der Waals surface area contributed by atoms with E-state index in [-0.39, 0.29) is 36.8 Å². The molecule has 0 aliphatic carbocycles. The number of halogens is 3. The zero-order valence-electron chi connectivity index (χ0n) is 15.6. The summed E-state index contributed by atoms with van der Waals surface area (Å²) in [5.74, 6) is -0.0193. The van der Waals surface area contributed by atoms with E-state index in [1.807, 2.05) is 49.2 Å². The van der Waals surface area contributed by atoms with Crippen molar-refractivity contribution >= 4 is 53.4 Å². The molecule has 1 saturated heterocycles. The van der Waals surface area contributed by atoms with Crippen LogP contribution in [-0.2, 0) is 7.05 Å². The minimum Gasteiger partial charge on any atom is -0.329 e. The molecule has 1 amide bonds. The SMILES string of the molecule is Cc1nn(C)c2ncc(C(=O)N3CCNCC3c3cccc(Cl)c3)cc12.Cl.Cl. The highest BCUT2D eigenvalue weighted by Crippen LogP contribution is 2.27. The van der Waals surface area contributed by atoms with Gasteiger partial charge >= 0.3 is 0 Å². The Morgan fingerprint density at radius 3 is 2.82 bits per heavy atom. The highest BCUT2D eigenvalue weighted by molar-refractivity contribution is 6.30. The molecule has 3 heterocycles. The van der Waals surface area contributed by atoms with Crippen LogP contribution in [0.5, 0.6) is 0 Å². The van der Waals surface area contributed by atoms with Gasteiger partial charge in [-0.05, 0) is 30.7 Å². The molecule has 1 fully saturated rings. The molecule has 0 spiro atoms. The lowest BCUT2D eigenvalue weighted by molar-refractivity contribution is 0.0634. The molecular weight excluding hydrogens is 421 g/mol. The van der Waals surface area contributed by atoms with Crippen LogP contribution in [0.1, 0.15) is 27.7 Å². The van der Waals surface area contributed by atoms with Crippen LogP contribution < -0.4 is 5.32 Å². The maximum atomic E-state index is 13.2. The predicted molar refractivity (Wildman–Crippen MR) is 116 cm³/mol. The molecular formula is C19H22Cl3N5O. The van der Waals surface area contributed by atoms with Gasteiger partial charge in [0.1, 0.15) is 0 Å². The van der Waals surface area contributed by atoms with E-state index in [0.29, 0.717) is 23.7 Å². The summed E-state index contributed by atoms with van der Waals surface area (Å²) >= 11 is 6.15. The third kappa shape index (κ3) is 4.10. The number of pyridine rings is 1. The molecule has 1 N–H and O–H groups in total. The first-order valence-corrected chi connectivity index (χ1v) is 8.99. The molecule has 1 atom stereocenters. The lowest BCUT2D eigenvalue weighted by atomic mass is 10.0. The number of nitrogens with zero attached hydrogens (tertiary/aromatic N) is 4. The van der Waals surface area contributed by atoms with Crippen LogP contribution in [0.4, 0.5) is 0 Å². The number of carbonyl (C=O) groups is 1. The van der Waals surface area contributed by atoms with Crippen molar-refractivity contribution in [3.05, 3.63) is 58.4 Å². The number of hydrogen-bond donors (Lipinski definition) is 1. The standard InChI is InChI=1S/C19H20ClN5O.2ClH/c1-12-16-9-14(10-22-18(16)24(2)23-12)19(26)25-7-6-21-11-17(25)13-4-3-5-15(20)8-13;;/h3-5,8-10,17,21H,6-7,11H2,1-2H3;2*1H. The zero-order valence-corrected chi connectivity index (χ0v) is 17.9. The van der Waals surface area contributed by atoms with Gasteiger partial charge in [0, 0.05) is 43.3 Å². The van der Waals surface area contributed by atoms with Crippen LogP contribution >= 0.6 is 36.4 Å². The van der Waals surface area contributed by atoms with E-state index in [4.69, 9.17) is 11.6 Å². The molecule has 0 radical (unpaired) electrons. The molecule has 4 rings (SSSR count). The summed E-state index contributed by atoms with van der Waals surface area (Å²) in [4.78, 5) is 19.6. The van der Waals surface area contributed by atoms with Gasteiger partial charge in [0.05, 0.1) is 17.3 Å². The monoisotopic (exact) mass is 441 g/mol. The molecule has 1 aromatic carbocycles. The molecule has 28 heavy (non-hydrogen) atoms. The zero-order chi connectivity index (χ0) is 18.3. The summed E-state index contributed by atoms with van der Waals surface area (Å²) < 4.78 is 1.73. The number of rotatable bonds is 2. The lowest BCUT2D eigenvalue weighted by Crippen LogP contribution is -2.48. The minimum atomic E-state index is -0.0550. The van der Waals surface area contributed by atoms with Crippen molar-refractivity contribution in [3.8, 4) is 0 Å². The molecule has 0 saturated carbocycles. The van der Waals surface area contributed by atoms with E-state index in [2.05, 4.69) is 15.4 Å². The number of fused-ring (bicyclic) bond motifs is 1. The summed E-state index contributed by atoms with van der Waals surface area (Å²) in [6, 6.07) is 9.53. The fourth-order valence-electron chi connectivity index (χ4n) is 3.55. The fourth-order valence-corrected chi connectivity index (χ4v) is 3.75. The average molecular weight is 443 g/mol. The van der Waals surface area contributed by atoms with E-state index in [0.717, 1.165) is 28.8 Å². The number of amides is 1. The van der Waals surface area contributed by atoms with E-state index in [1.165, 1.54) is 0 Å². The van der Waals surface area contributed by atoms with Gasteiger partial charge < -0.3 is 10.2 Å².